The third-order valence-corrected chi connectivity index (χ3v) is 5.46. The van der Waals surface area contributed by atoms with Gasteiger partial charge in [-0.2, -0.15) is 0 Å². The summed E-state index contributed by atoms with van der Waals surface area (Å²) in [7, 11) is 0. The molecule has 5 heteroatoms. The van der Waals surface area contributed by atoms with E-state index < -0.39 is 0 Å². The molecule has 1 amide bonds. The van der Waals surface area contributed by atoms with E-state index >= 15 is 0 Å². The molecule has 23 heavy (non-hydrogen) atoms. The van der Waals surface area contributed by atoms with E-state index in [4.69, 9.17) is 9.47 Å². The summed E-state index contributed by atoms with van der Waals surface area (Å²) >= 11 is 0. The molecular weight excluding hydrogens is 294 g/mol. The zero-order chi connectivity index (χ0) is 15.8. The van der Waals surface area contributed by atoms with Crippen molar-refractivity contribution in [2.45, 2.75) is 50.7 Å². The number of aliphatic hydroxyl groups excluding tert-OH is 1. The first-order valence-corrected chi connectivity index (χ1v) is 8.63. The lowest BCUT2D eigenvalue weighted by Crippen LogP contribution is -2.45. The Morgan fingerprint density at radius 1 is 1.13 bits per heavy atom. The van der Waals surface area contributed by atoms with Gasteiger partial charge in [0.05, 0.1) is 11.7 Å². The predicted molar refractivity (Wildman–Crippen MR) is 84.6 cm³/mol. The number of likely N-dealkylation sites (tertiary alicyclic amines) is 1. The van der Waals surface area contributed by atoms with Crippen molar-refractivity contribution in [3.05, 3.63) is 23.8 Å². The van der Waals surface area contributed by atoms with Crippen LogP contribution in [0.15, 0.2) is 18.2 Å². The maximum atomic E-state index is 13.1. The highest BCUT2D eigenvalue weighted by Gasteiger charge is 2.40. The average molecular weight is 317 g/mol. The molecule has 5 nitrogen and oxygen atoms in total. The standard InChI is InChI=1S/C18H23NO4/c20-15-8-2-1-5-12(15)14-7-4-10-19(14)18(21)13-6-3-9-16-17(13)23-11-22-16/h3,6,9,12,14-15,20H,1-2,4-5,7-8,10-11H2/t12-,14-,15-/m1/s1. The minimum atomic E-state index is -0.275. The second kappa shape index (κ2) is 6.04. The predicted octanol–water partition coefficient (Wildman–Crippen LogP) is 2.57. The lowest BCUT2D eigenvalue weighted by molar-refractivity contribution is 0.0210. The number of para-hydroxylation sites is 1. The largest absolute Gasteiger partial charge is 0.454 e. The van der Waals surface area contributed by atoms with Gasteiger partial charge in [-0.05, 0) is 37.8 Å². The highest BCUT2D eigenvalue weighted by atomic mass is 16.7. The summed E-state index contributed by atoms with van der Waals surface area (Å²) in [6, 6.07) is 5.62. The van der Waals surface area contributed by atoms with Crippen LogP contribution in [0.2, 0.25) is 0 Å². The van der Waals surface area contributed by atoms with Crippen molar-refractivity contribution < 1.29 is 19.4 Å². The molecule has 2 heterocycles. The lowest BCUT2D eigenvalue weighted by atomic mass is 9.80. The number of rotatable bonds is 2. The molecule has 0 unspecified atom stereocenters. The molecule has 1 saturated heterocycles. The van der Waals surface area contributed by atoms with Gasteiger partial charge in [0, 0.05) is 18.5 Å². The first-order chi connectivity index (χ1) is 11.3. The Labute approximate surface area is 136 Å². The molecule has 1 aromatic carbocycles. The van der Waals surface area contributed by atoms with Crippen molar-refractivity contribution in [1.29, 1.82) is 0 Å². The Kier molecular flexibility index (Phi) is 3.89. The van der Waals surface area contributed by atoms with Crippen LogP contribution in [0.5, 0.6) is 11.5 Å². The monoisotopic (exact) mass is 317 g/mol. The van der Waals surface area contributed by atoms with Gasteiger partial charge in [-0.15, -0.1) is 0 Å². The molecule has 0 aromatic heterocycles. The normalized spacial score (nSPS) is 29.8. The summed E-state index contributed by atoms with van der Waals surface area (Å²) < 4.78 is 10.9. The van der Waals surface area contributed by atoms with Gasteiger partial charge in [0.1, 0.15) is 0 Å². The van der Waals surface area contributed by atoms with Crippen LogP contribution in [0, 0.1) is 5.92 Å². The van der Waals surface area contributed by atoms with Crippen LogP contribution in [-0.4, -0.2) is 41.4 Å². The van der Waals surface area contributed by atoms with Crippen LogP contribution in [-0.2, 0) is 0 Å². The maximum absolute atomic E-state index is 13.1. The number of aliphatic hydroxyl groups is 1. The van der Waals surface area contributed by atoms with E-state index in [0.29, 0.717) is 17.1 Å². The highest BCUT2D eigenvalue weighted by molar-refractivity contribution is 5.98. The number of benzene rings is 1. The Hall–Kier alpha value is -1.75. The van der Waals surface area contributed by atoms with Crippen LogP contribution in [0.25, 0.3) is 0 Å². The van der Waals surface area contributed by atoms with E-state index in [9.17, 15) is 9.90 Å². The zero-order valence-corrected chi connectivity index (χ0v) is 13.2. The van der Waals surface area contributed by atoms with E-state index in [-0.39, 0.29) is 30.8 Å². The number of fused-ring (bicyclic) bond motifs is 1. The van der Waals surface area contributed by atoms with Crippen LogP contribution in [0.1, 0.15) is 48.9 Å². The molecule has 2 aliphatic heterocycles. The number of carbonyl (C=O) groups excluding carboxylic acids is 1. The van der Waals surface area contributed by atoms with E-state index in [1.165, 1.54) is 0 Å². The summed E-state index contributed by atoms with van der Waals surface area (Å²) in [6.45, 7) is 0.932. The number of hydrogen-bond donors (Lipinski definition) is 1. The fraction of sp³-hybridized carbons (Fsp3) is 0.611. The van der Waals surface area contributed by atoms with Crippen LogP contribution >= 0.6 is 0 Å². The molecule has 3 aliphatic rings. The van der Waals surface area contributed by atoms with Gasteiger partial charge in [0.15, 0.2) is 11.5 Å². The van der Waals surface area contributed by atoms with Gasteiger partial charge in [-0.25, -0.2) is 0 Å². The number of nitrogens with zero attached hydrogens (tertiary/aromatic N) is 1. The smallest absolute Gasteiger partial charge is 0.258 e. The van der Waals surface area contributed by atoms with Crippen molar-refractivity contribution >= 4 is 5.91 Å². The van der Waals surface area contributed by atoms with Gasteiger partial charge in [-0.1, -0.05) is 18.9 Å². The second-order valence-electron chi connectivity index (χ2n) is 6.76. The first kappa shape index (κ1) is 14.8. The van der Waals surface area contributed by atoms with E-state index in [2.05, 4.69) is 0 Å². The quantitative estimate of drug-likeness (QED) is 0.911. The summed E-state index contributed by atoms with van der Waals surface area (Å²) in [4.78, 5) is 15.0. The Morgan fingerprint density at radius 3 is 2.87 bits per heavy atom. The summed E-state index contributed by atoms with van der Waals surface area (Å²) in [5, 5.41) is 10.4. The molecule has 1 aliphatic carbocycles. The summed E-state index contributed by atoms with van der Waals surface area (Å²) in [5.41, 5.74) is 0.581. The number of ether oxygens (including phenoxy) is 2. The molecule has 3 atom stereocenters. The SMILES string of the molecule is O=C(c1cccc2c1OCO2)N1CCC[C@@H]1[C@H]1CCCC[C@H]1O. The zero-order valence-electron chi connectivity index (χ0n) is 13.2. The molecule has 1 saturated carbocycles. The van der Waals surface area contributed by atoms with E-state index in [0.717, 1.165) is 45.1 Å². The van der Waals surface area contributed by atoms with Crippen molar-refractivity contribution in [2.24, 2.45) is 5.92 Å². The van der Waals surface area contributed by atoms with Gasteiger partial charge < -0.3 is 19.5 Å². The van der Waals surface area contributed by atoms with E-state index in [1.807, 2.05) is 23.1 Å². The maximum Gasteiger partial charge on any atom is 0.258 e. The molecule has 2 fully saturated rings. The van der Waals surface area contributed by atoms with Crippen molar-refractivity contribution in [3.63, 3.8) is 0 Å². The minimum Gasteiger partial charge on any atom is -0.454 e. The Balaban J connectivity index is 1.59. The molecule has 4 rings (SSSR count). The van der Waals surface area contributed by atoms with Crippen LogP contribution in [0.4, 0.5) is 0 Å². The molecule has 0 bridgehead atoms. The minimum absolute atomic E-state index is 0.00706. The lowest BCUT2D eigenvalue weighted by Gasteiger charge is -2.37. The first-order valence-electron chi connectivity index (χ1n) is 8.63. The van der Waals surface area contributed by atoms with Gasteiger partial charge >= 0.3 is 0 Å². The molecule has 1 N–H and O–H groups in total. The highest BCUT2D eigenvalue weighted by Crippen LogP contribution is 2.39. The van der Waals surface area contributed by atoms with Crippen molar-refractivity contribution in [1.82, 2.24) is 4.90 Å². The molecule has 0 radical (unpaired) electrons. The summed E-state index contributed by atoms with van der Waals surface area (Å²) in [6.07, 6.45) is 5.84. The Bertz CT molecular complexity index is 603. The van der Waals surface area contributed by atoms with Crippen LogP contribution < -0.4 is 9.47 Å². The third kappa shape index (κ3) is 2.57. The number of amides is 1. The fourth-order valence-electron chi connectivity index (χ4n) is 4.33. The van der Waals surface area contributed by atoms with Crippen molar-refractivity contribution in [3.8, 4) is 11.5 Å². The number of carbonyl (C=O) groups is 1. The molecule has 1 aromatic rings. The van der Waals surface area contributed by atoms with Crippen molar-refractivity contribution in [2.75, 3.05) is 13.3 Å². The third-order valence-electron chi connectivity index (χ3n) is 5.46. The second-order valence-corrected chi connectivity index (χ2v) is 6.76. The van der Waals surface area contributed by atoms with Gasteiger partial charge in [0.2, 0.25) is 6.79 Å². The Morgan fingerprint density at radius 2 is 2.00 bits per heavy atom. The molecular formula is C18H23NO4. The molecule has 0 spiro atoms. The average Bonchev–Trinajstić information content (AvgIpc) is 3.23. The van der Waals surface area contributed by atoms with E-state index in [1.54, 1.807) is 0 Å². The van der Waals surface area contributed by atoms with Gasteiger partial charge in [-0.3, -0.25) is 4.79 Å². The number of hydrogen-bond acceptors (Lipinski definition) is 4. The fourth-order valence-corrected chi connectivity index (χ4v) is 4.33. The van der Waals surface area contributed by atoms with Gasteiger partial charge in [0.25, 0.3) is 5.91 Å². The molecule has 124 valence electrons. The summed E-state index contributed by atoms with van der Waals surface area (Å²) in [5.74, 6) is 1.42. The topological polar surface area (TPSA) is 59.0 Å². The van der Waals surface area contributed by atoms with Crippen LogP contribution in [0.3, 0.4) is 0 Å².